The Bertz CT molecular complexity index is 1630. The van der Waals surface area contributed by atoms with E-state index in [1.165, 1.54) is 16.2 Å². The molecule has 4 aromatic rings. The highest BCUT2D eigenvalue weighted by atomic mass is 79.9. The van der Waals surface area contributed by atoms with Gasteiger partial charge < -0.3 is 19.3 Å². The number of hydrogen-bond donors (Lipinski definition) is 1. The molecule has 0 saturated carbocycles. The van der Waals surface area contributed by atoms with E-state index >= 15 is 0 Å². The molecule has 1 N–H and O–H groups in total. The molecule has 192 valence electrons. The highest BCUT2D eigenvalue weighted by Gasteiger charge is 2.48. The van der Waals surface area contributed by atoms with Crippen molar-refractivity contribution in [2.24, 2.45) is 0 Å². The highest BCUT2D eigenvalue weighted by Crippen LogP contribution is 2.45. The number of anilines is 1. The summed E-state index contributed by atoms with van der Waals surface area (Å²) in [7, 11) is 0. The fraction of sp³-hybridized carbons (Fsp3) is 0.179. The van der Waals surface area contributed by atoms with E-state index in [9.17, 15) is 14.7 Å². The van der Waals surface area contributed by atoms with Crippen LogP contribution >= 0.6 is 27.3 Å². The molecule has 2 aliphatic heterocycles. The van der Waals surface area contributed by atoms with Crippen LogP contribution in [0.1, 0.15) is 24.1 Å². The van der Waals surface area contributed by atoms with Gasteiger partial charge in [-0.1, -0.05) is 39.4 Å². The number of halogens is 1. The number of aliphatic hydroxyl groups is 1. The molecule has 10 heteroatoms. The number of aromatic nitrogens is 1. The number of ketones is 1. The molecule has 2 aliphatic rings. The largest absolute Gasteiger partial charge is 0.507 e. The van der Waals surface area contributed by atoms with Gasteiger partial charge in [-0.05, 0) is 61.0 Å². The SMILES string of the molecule is CCOc1ccc2nc(N3C(=O)C(=O)/C(=C(\O)c4ccc5c(c4)OCCO5)C3c3cccc(Br)c3)sc2c1. The van der Waals surface area contributed by atoms with Crippen LogP contribution in [0.3, 0.4) is 0 Å². The van der Waals surface area contributed by atoms with Crippen LogP contribution in [0.2, 0.25) is 0 Å². The molecule has 0 radical (unpaired) electrons. The van der Waals surface area contributed by atoms with E-state index in [4.69, 9.17) is 14.2 Å². The first-order chi connectivity index (χ1) is 18.4. The maximum atomic E-state index is 13.5. The van der Waals surface area contributed by atoms with Gasteiger partial charge in [-0.3, -0.25) is 14.5 Å². The Hall–Kier alpha value is -3.89. The molecule has 1 unspecified atom stereocenters. The van der Waals surface area contributed by atoms with E-state index in [2.05, 4.69) is 20.9 Å². The zero-order valence-corrected chi connectivity index (χ0v) is 22.5. The number of ether oxygens (including phenoxy) is 3. The van der Waals surface area contributed by atoms with Crippen molar-refractivity contribution in [1.29, 1.82) is 0 Å². The summed E-state index contributed by atoms with van der Waals surface area (Å²) in [5, 5.41) is 11.8. The molecule has 0 bridgehead atoms. The molecule has 3 heterocycles. The normalized spacial score (nSPS) is 18.3. The number of Topliss-reactive ketones (excluding diaryl/α,β-unsaturated/α-hetero) is 1. The monoisotopic (exact) mass is 592 g/mol. The quantitative estimate of drug-likeness (QED) is 0.176. The Labute approximate surface area is 230 Å². The van der Waals surface area contributed by atoms with Crippen molar-refractivity contribution in [3.05, 3.63) is 81.8 Å². The number of hydrogen-bond acceptors (Lipinski definition) is 8. The van der Waals surface area contributed by atoms with Crippen molar-refractivity contribution < 1.29 is 28.9 Å². The Kier molecular flexibility index (Phi) is 6.29. The standard InChI is InChI=1S/C28H21BrN2O6S/c1-2-35-18-7-8-19-22(14-18)38-28(30-19)31-24(15-4-3-5-17(29)12-15)23(26(33)27(31)34)25(32)16-6-9-20-21(13-16)37-11-10-36-20/h3-9,12-14,24,32H,2,10-11H2,1H3/b25-23-. The third kappa shape index (κ3) is 4.19. The number of aliphatic hydroxyl groups excluding tert-OH is 1. The maximum absolute atomic E-state index is 13.5. The van der Waals surface area contributed by atoms with Gasteiger partial charge in [-0.15, -0.1) is 0 Å². The summed E-state index contributed by atoms with van der Waals surface area (Å²) in [6.07, 6.45) is 0. The number of benzene rings is 3. The van der Waals surface area contributed by atoms with Gasteiger partial charge in [0.15, 0.2) is 16.6 Å². The smallest absolute Gasteiger partial charge is 0.301 e. The van der Waals surface area contributed by atoms with Crippen molar-refractivity contribution in [1.82, 2.24) is 4.98 Å². The second-order valence-electron chi connectivity index (χ2n) is 8.64. The summed E-state index contributed by atoms with van der Waals surface area (Å²) >= 11 is 4.77. The van der Waals surface area contributed by atoms with Crippen molar-refractivity contribution in [3.63, 3.8) is 0 Å². The van der Waals surface area contributed by atoms with Crippen molar-refractivity contribution >= 4 is 60.1 Å². The average molecular weight is 593 g/mol. The molecule has 1 saturated heterocycles. The lowest BCUT2D eigenvalue weighted by molar-refractivity contribution is -0.132. The van der Waals surface area contributed by atoms with Crippen LogP contribution in [-0.2, 0) is 9.59 Å². The first-order valence-electron chi connectivity index (χ1n) is 11.9. The zero-order valence-electron chi connectivity index (χ0n) is 20.1. The van der Waals surface area contributed by atoms with Gasteiger partial charge >= 0.3 is 5.91 Å². The number of nitrogens with zero attached hydrogens (tertiary/aromatic N) is 2. The summed E-state index contributed by atoms with van der Waals surface area (Å²) < 4.78 is 18.4. The molecule has 38 heavy (non-hydrogen) atoms. The summed E-state index contributed by atoms with van der Waals surface area (Å²) in [6, 6.07) is 16.8. The number of carbonyl (C=O) groups is 2. The summed E-state index contributed by atoms with van der Waals surface area (Å²) in [5.74, 6) is -0.149. The number of fused-ring (bicyclic) bond motifs is 2. The topological polar surface area (TPSA) is 98.2 Å². The van der Waals surface area contributed by atoms with Crippen LogP contribution in [0.4, 0.5) is 5.13 Å². The first kappa shape index (κ1) is 24.4. The second kappa shape index (κ2) is 9.77. The Morgan fingerprint density at radius 3 is 2.71 bits per heavy atom. The van der Waals surface area contributed by atoms with Crippen LogP contribution in [0, 0.1) is 0 Å². The number of thiazole rings is 1. The fourth-order valence-corrected chi connectivity index (χ4v) is 6.06. The van der Waals surface area contributed by atoms with Gasteiger partial charge in [0.05, 0.1) is 28.4 Å². The molecule has 1 atom stereocenters. The minimum Gasteiger partial charge on any atom is -0.507 e. The molecule has 1 aromatic heterocycles. The second-order valence-corrected chi connectivity index (χ2v) is 10.6. The van der Waals surface area contributed by atoms with E-state index < -0.39 is 17.7 Å². The van der Waals surface area contributed by atoms with Gasteiger partial charge in [0.25, 0.3) is 5.78 Å². The molecule has 6 rings (SSSR count). The molecular weight excluding hydrogens is 572 g/mol. The van der Waals surface area contributed by atoms with Gasteiger partial charge in [0.1, 0.15) is 24.7 Å². The van der Waals surface area contributed by atoms with Crippen molar-refractivity contribution in [2.75, 3.05) is 24.7 Å². The molecule has 8 nitrogen and oxygen atoms in total. The van der Waals surface area contributed by atoms with Crippen LogP contribution in [0.5, 0.6) is 17.2 Å². The lowest BCUT2D eigenvalue weighted by Crippen LogP contribution is -2.29. The zero-order chi connectivity index (χ0) is 26.4. The lowest BCUT2D eigenvalue weighted by Gasteiger charge is -2.23. The third-order valence-electron chi connectivity index (χ3n) is 6.29. The number of rotatable bonds is 5. The Balaban J connectivity index is 1.51. The summed E-state index contributed by atoms with van der Waals surface area (Å²) in [6.45, 7) is 3.23. The van der Waals surface area contributed by atoms with E-state index in [1.54, 1.807) is 18.2 Å². The highest BCUT2D eigenvalue weighted by molar-refractivity contribution is 9.10. The predicted octanol–water partition coefficient (Wildman–Crippen LogP) is 5.86. The average Bonchev–Trinajstić information content (AvgIpc) is 3.46. The minimum atomic E-state index is -0.896. The third-order valence-corrected chi connectivity index (χ3v) is 7.80. The number of carbonyl (C=O) groups excluding carboxylic acids is 2. The molecule has 0 aliphatic carbocycles. The molecular formula is C28H21BrN2O6S. The Morgan fingerprint density at radius 1 is 1.11 bits per heavy atom. The van der Waals surface area contributed by atoms with Gasteiger partial charge in [-0.2, -0.15) is 0 Å². The van der Waals surface area contributed by atoms with Crippen molar-refractivity contribution in [2.45, 2.75) is 13.0 Å². The molecule has 1 amide bonds. The van der Waals surface area contributed by atoms with E-state index in [0.29, 0.717) is 58.8 Å². The van der Waals surface area contributed by atoms with Crippen LogP contribution in [0.25, 0.3) is 16.0 Å². The van der Waals surface area contributed by atoms with Gasteiger partial charge in [0, 0.05) is 10.0 Å². The van der Waals surface area contributed by atoms with Gasteiger partial charge in [-0.25, -0.2) is 4.98 Å². The first-order valence-corrected chi connectivity index (χ1v) is 13.6. The lowest BCUT2D eigenvalue weighted by atomic mass is 9.95. The predicted molar refractivity (Wildman–Crippen MR) is 147 cm³/mol. The van der Waals surface area contributed by atoms with Crippen molar-refractivity contribution in [3.8, 4) is 17.2 Å². The maximum Gasteiger partial charge on any atom is 0.301 e. The van der Waals surface area contributed by atoms with Crippen LogP contribution in [-0.4, -0.2) is 41.6 Å². The minimum absolute atomic E-state index is 0.0287. The van der Waals surface area contributed by atoms with Crippen LogP contribution < -0.4 is 19.1 Å². The van der Waals surface area contributed by atoms with E-state index in [0.717, 1.165) is 9.17 Å². The number of amides is 1. The van der Waals surface area contributed by atoms with E-state index in [1.807, 2.05) is 49.4 Å². The molecule has 3 aromatic carbocycles. The molecule has 0 spiro atoms. The summed E-state index contributed by atoms with van der Waals surface area (Å²) in [5.41, 5.74) is 1.64. The molecule has 1 fully saturated rings. The van der Waals surface area contributed by atoms with Gasteiger partial charge in [0.2, 0.25) is 0 Å². The fourth-order valence-electron chi connectivity index (χ4n) is 4.62. The van der Waals surface area contributed by atoms with E-state index in [-0.39, 0.29) is 11.3 Å². The Morgan fingerprint density at radius 2 is 1.92 bits per heavy atom. The summed E-state index contributed by atoms with van der Waals surface area (Å²) in [4.78, 5) is 33.0. The van der Waals surface area contributed by atoms with Crippen LogP contribution in [0.15, 0.2) is 70.7 Å².